The summed E-state index contributed by atoms with van der Waals surface area (Å²) in [5.74, 6) is -1.49. The average Bonchev–Trinajstić information content (AvgIpc) is 3.19. The van der Waals surface area contributed by atoms with Gasteiger partial charge in [-0.15, -0.1) is 22.0 Å². The van der Waals surface area contributed by atoms with Gasteiger partial charge in [0.15, 0.2) is 0 Å². The molecular weight excluding hydrogens is 543 g/mol. The van der Waals surface area contributed by atoms with Crippen LogP contribution in [-0.4, -0.2) is 57.5 Å². The summed E-state index contributed by atoms with van der Waals surface area (Å²) in [5.41, 5.74) is -4.28. The Morgan fingerprint density at radius 2 is 1.64 bits per heavy atom. The molecule has 1 aliphatic heterocycles. The fourth-order valence-electron chi connectivity index (χ4n) is 3.21. The van der Waals surface area contributed by atoms with Gasteiger partial charge in [0.25, 0.3) is 5.89 Å². The Hall–Kier alpha value is -3.49. The van der Waals surface area contributed by atoms with Gasteiger partial charge in [-0.3, -0.25) is 10.1 Å². The number of halogens is 3. The van der Waals surface area contributed by atoms with Crippen LogP contribution in [0.15, 0.2) is 27.5 Å². The van der Waals surface area contributed by atoms with Crippen molar-refractivity contribution in [2.24, 2.45) is 0 Å². The zero-order chi connectivity index (χ0) is 29.4. The van der Waals surface area contributed by atoms with Crippen molar-refractivity contribution in [1.82, 2.24) is 20.8 Å². The van der Waals surface area contributed by atoms with Gasteiger partial charge in [-0.05, 0) is 66.7 Å². The summed E-state index contributed by atoms with van der Waals surface area (Å²) in [6.45, 7) is 10.3. The number of carbonyl (C=O) groups is 3. The number of ether oxygens (including phenoxy) is 2. The predicted octanol–water partition coefficient (Wildman–Crippen LogP) is 4.98. The molecule has 3 N–H and O–H groups in total. The fourth-order valence-corrected chi connectivity index (χ4v) is 4.22. The number of carbonyl (C=O) groups excluding carboxylic acids is 3. The molecule has 1 aromatic carbocycles. The molecule has 0 saturated heterocycles. The van der Waals surface area contributed by atoms with Gasteiger partial charge in [0.2, 0.25) is 17.3 Å². The SMILES string of the molecule is CC(C)(C)OC(=O)N[C@H]1CSc2ccc(-c3nnc([C@@](C)(NC(=O)OC(C)(C)C)C(F)(F)F)o3)cc2NC1=O. The van der Waals surface area contributed by atoms with E-state index in [9.17, 15) is 27.6 Å². The standard InChI is InChI=1S/C24H30F3N5O6S/c1-21(2,3)37-19(34)29-14-11-39-15-9-8-12(10-13(15)28-16(14)33)17-31-32-18(36-17)23(7,24(25,26)27)30-20(35)38-22(4,5)6/h8-10,14H,11H2,1-7H3,(H,28,33)(H,29,34)(H,30,35)/t14-,23+/m0/s1. The number of nitrogens with one attached hydrogen (secondary N) is 3. The second kappa shape index (κ2) is 10.6. The third-order valence-corrected chi connectivity index (χ3v) is 6.23. The van der Waals surface area contributed by atoms with Gasteiger partial charge in [-0.2, -0.15) is 13.2 Å². The smallest absolute Gasteiger partial charge is 0.420 e. The van der Waals surface area contributed by atoms with Crippen LogP contribution in [0.25, 0.3) is 11.5 Å². The summed E-state index contributed by atoms with van der Waals surface area (Å²) < 4.78 is 57.6. The molecule has 1 aliphatic rings. The summed E-state index contributed by atoms with van der Waals surface area (Å²) in [5, 5.41) is 14.3. The molecule has 0 spiro atoms. The lowest BCUT2D eigenvalue weighted by Gasteiger charge is -2.30. The molecule has 1 aromatic heterocycles. The van der Waals surface area contributed by atoms with Crippen LogP contribution in [0, 0.1) is 0 Å². The van der Waals surface area contributed by atoms with Crippen molar-refractivity contribution in [3.05, 3.63) is 24.1 Å². The molecule has 2 heterocycles. The molecule has 0 radical (unpaired) electrons. The summed E-state index contributed by atoms with van der Waals surface area (Å²) in [6.07, 6.45) is -7.08. The maximum atomic E-state index is 14.0. The van der Waals surface area contributed by atoms with E-state index < -0.39 is 52.9 Å². The molecule has 0 unspecified atom stereocenters. The van der Waals surface area contributed by atoms with Crippen molar-refractivity contribution in [1.29, 1.82) is 0 Å². The van der Waals surface area contributed by atoms with E-state index in [0.717, 1.165) is 0 Å². The summed E-state index contributed by atoms with van der Waals surface area (Å²) in [7, 11) is 0. The van der Waals surface area contributed by atoms with Crippen LogP contribution < -0.4 is 16.0 Å². The number of hydrogen-bond acceptors (Lipinski definition) is 9. The van der Waals surface area contributed by atoms with Gasteiger partial charge in [-0.1, -0.05) is 0 Å². The van der Waals surface area contributed by atoms with E-state index in [2.05, 4.69) is 20.8 Å². The molecule has 0 bridgehead atoms. The Morgan fingerprint density at radius 3 is 2.23 bits per heavy atom. The molecule has 0 saturated carbocycles. The molecular formula is C24H30F3N5O6S. The third kappa shape index (κ3) is 7.55. The maximum Gasteiger partial charge on any atom is 0.420 e. The number of rotatable bonds is 4. The number of benzene rings is 1. The summed E-state index contributed by atoms with van der Waals surface area (Å²) in [6, 6.07) is 3.71. The molecule has 15 heteroatoms. The lowest BCUT2D eigenvalue weighted by atomic mass is 10.0. The molecule has 11 nitrogen and oxygen atoms in total. The highest BCUT2D eigenvalue weighted by atomic mass is 32.2. The first-order valence-electron chi connectivity index (χ1n) is 11.8. The highest BCUT2D eigenvalue weighted by Crippen LogP contribution is 2.40. The molecule has 2 aromatic rings. The number of aromatic nitrogens is 2. The minimum Gasteiger partial charge on any atom is -0.444 e. The monoisotopic (exact) mass is 573 g/mol. The van der Waals surface area contributed by atoms with Gasteiger partial charge in [0.05, 0.1) is 5.69 Å². The summed E-state index contributed by atoms with van der Waals surface area (Å²) >= 11 is 1.28. The average molecular weight is 574 g/mol. The lowest BCUT2D eigenvalue weighted by Crippen LogP contribution is -2.55. The number of thioether (sulfide) groups is 1. The van der Waals surface area contributed by atoms with Crippen LogP contribution in [0.3, 0.4) is 0 Å². The van der Waals surface area contributed by atoms with E-state index in [1.54, 1.807) is 32.2 Å². The van der Waals surface area contributed by atoms with Gasteiger partial charge in [-0.25, -0.2) is 9.59 Å². The number of alkyl carbamates (subject to hydrolysis) is 2. The fraction of sp³-hybridized carbons (Fsp3) is 0.542. The van der Waals surface area contributed by atoms with E-state index >= 15 is 0 Å². The Bertz CT molecular complexity index is 1250. The predicted molar refractivity (Wildman–Crippen MR) is 135 cm³/mol. The maximum absolute atomic E-state index is 14.0. The summed E-state index contributed by atoms with van der Waals surface area (Å²) in [4.78, 5) is 37.7. The van der Waals surface area contributed by atoms with Crippen molar-refractivity contribution >= 4 is 35.5 Å². The molecule has 214 valence electrons. The quantitative estimate of drug-likeness (QED) is 0.461. The van der Waals surface area contributed by atoms with E-state index in [1.807, 2.05) is 0 Å². The number of anilines is 1. The Morgan fingerprint density at radius 1 is 1.03 bits per heavy atom. The first-order valence-corrected chi connectivity index (χ1v) is 12.8. The normalized spacial score (nSPS) is 17.7. The van der Waals surface area contributed by atoms with Crippen molar-refractivity contribution in [3.8, 4) is 11.5 Å². The second-order valence-corrected chi connectivity index (χ2v) is 11.9. The van der Waals surface area contributed by atoms with Crippen LogP contribution in [0.4, 0.5) is 28.4 Å². The van der Waals surface area contributed by atoms with Crippen LogP contribution in [0.1, 0.15) is 54.4 Å². The molecule has 3 rings (SSSR count). The first-order chi connectivity index (χ1) is 17.8. The van der Waals surface area contributed by atoms with E-state index in [1.165, 1.54) is 44.7 Å². The van der Waals surface area contributed by atoms with Gasteiger partial charge >= 0.3 is 18.4 Å². The van der Waals surface area contributed by atoms with Crippen LogP contribution in [-0.2, 0) is 19.8 Å². The Labute approximate surface area is 227 Å². The largest absolute Gasteiger partial charge is 0.444 e. The minimum absolute atomic E-state index is 0.211. The second-order valence-electron chi connectivity index (χ2n) is 10.9. The van der Waals surface area contributed by atoms with Crippen LogP contribution in [0.5, 0.6) is 0 Å². The number of nitrogens with zero attached hydrogens (tertiary/aromatic N) is 2. The highest BCUT2D eigenvalue weighted by Gasteiger charge is 2.58. The van der Waals surface area contributed by atoms with Crippen molar-refractivity contribution in [2.45, 2.75) is 82.3 Å². The van der Waals surface area contributed by atoms with Crippen molar-refractivity contribution < 1.29 is 41.4 Å². The number of amides is 3. The van der Waals surface area contributed by atoms with E-state index in [0.29, 0.717) is 17.5 Å². The first kappa shape index (κ1) is 30.1. The zero-order valence-corrected chi connectivity index (χ0v) is 23.2. The third-order valence-electron chi connectivity index (χ3n) is 5.07. The molecule has 2 atom stereocenters. The van der Waals surface area contributed by atoms with Crippen molar-refractivity contribution in [2.75, 3.05) is 11.1 Å². The Balaban J connectivity index is 1.83. The minimum atomic E-state index is -5.01. The lowest BCUT2D eigenvalue weighted by molar-refractivity contribution is -0.199. The number of alkyl halides is 3. The van der Waals surface area contributed by atoms with E-state index in [-0.39, 0.29) is 17.2 Å². The Kier molecular flexibility index (Phi) is 8.16. The molecule has 0 aliphatic carbocycles. The van der Waals surface area contributed by atoms with Gasteiger partial charge in [0.1, 0.15) is 17.2 Å². The zero-order valence-electron chi connectivity index (χ0n) is 22.4. The van der Waals surface area contributed by atoms with E-state index in [4.69, 9.17) is 13.9 Å². The molecule has 0 fully saturated rings. The van der Waals surface area contributed by atoms with Gasteiger partial charge < -0.3 is 24.5 Å². The van der Waals surface area contributed by atoms with Crippen molar-refractivity contribution in [3.63, 3.8) is 0 Å². The van der Waals surface area contributed by atoms with Gasteiger partial charge in [0, 0.05) is 16.2 Å². The van der Waals surface area contributed by atoms with Crippen LogP contribution >= 0.6 is 11.8 Å². The molecule has 3 amide bonds. The number of hydrogen-bond donors (Lipinski definition) is 3. The topological polar surface area (TPSA) is 145 Å². The molecule has 39 heavy (non-hydrogen) atoms. The van der Waals surface area contributed by atoms with Crippen LogP contribution in [0.2, 0.25) is 0 Å². The number of fused-ring (bicyclic) bond motifs is 1. The highest BCUT2D eigenvalue weighted by molar-refractivity contribution is 7.99.